The highest BCUT2D eigenvalue weighted by atomic mass is 16.6. The molecule has 2 atom stereocenters. The average molecular weight is 670 g/mol. The van der Waals surface area contributed by atoms with E-state index in [0.717, 1.165) is 20.5 Å². The first-order valence-corrected chi connectivity index (χ1v) is 16.1. The summed E-state index contributed by atoms with van der Waals surface area (Å²) in [6.07, 6.45) is -1.12. The van der Waals surface area contributed by atoms with E-state index in [2.05, 4.69) is 0 Å². The van der Waals surface area contributed by atoms with Gasteiger partial charge in [0.25, 0.3) is 17.7 Å². The van der Waals surface area contributed by atoms with Gasteiger partial charge in [-0.25, -0.2) is 19.6 Å². The first kappa shape index (κ1) is 34.8. The zero-order valence-corrected chi connectivity index (χ0v) is 27.7. The van der Waals surface area contributed by atoms with Gasteiger partial charge in [0.05, 0.1) is 11.1 Å². The molecule has 256 valence electrons. The maximum absolute atomic E-state index is 14.8. The molecule has 0 unspecified atom stereocenters. The van der Waals surface area contributed by atoms with Crippen LogP contribution in [0.1, 0.15) is 78.3 Å². The number of imide groups is 1. The summed E-state index contributed by atoms with van der Waals surface area (Å²) in [6, 6.07) is 21.2. The summed E-state index contributed by atoms with van der Waals surface area (Å²) < 4.78 is 16.6. The lowest BCUT2D eigenvalue weighted by atomic mass is 10.0. The summed E-state index contributed by atoms with van der Waals surface area (Å²) in [5, 5.41) is 1.96. The van der Waals surface area contributed by atoms with E-state index in [-0.39, 0.29) is 50.1 Å². The maximum atomic E-state index is 14.8. The number of amides is 4. The van der Waals surface area contributed by atoms with Crippen molar-refractivity contribution < 1.29 is 43.0 Å². The van der Waals surface area contributed by atoms with E-state index in [1.807, 2.05) is 12.1 Å². The fraction of sp³-hybridized carbons (Fsp3) is 0.351. The first-order valence-electron chi connectivity index (χ1n) is 16.1. The second-order valence-electron chi connectivity index (χ2n) is 12.8. The lowest BCUT2D eigenvalue weighted by Gasteiger charge is -2.44. The minimum absolute atomic E-state index is 0.00656. The first-order chi connectivity index (χ1) is 23.4. The van der Waals surface area contributed by atoms with Crippen molar-refractivity contribution in [3.8, 4) is 0 Å². The molecule has 12 heteroatoms. The number of carbonyl (C=O) groups excluding carboxylic acids is 6. The van der Waals surface area contributed by atoms with Gasteiger partial charge in [0, 0.05) is 13.0 Å². The third kappa shape index (κ3) is 8.32. The number of benzene rings is 3. The number of hydrogen-bond acceptors (Lipinski definition) is 9. The number of esters is 2. The van der Waals surface area contributed by atoms with E-state index in [9.17, 15) is 28.8 Å². The molecule has 0 aliphatic carbocycles. The van der Waals surface area contributed by atoms with Gasteiger partial charge < -0.3 is 14.2 Å². The molecule has 3 aromatic carbocycles. The Hall–Kier alpha value is -5.52. The van der Waals surface area contributed by atoms with Gasteiger partial charge in [0.2, 0.25) is 0 Å². The van der Waals surface area contributed by atoms with Crippen LogP contribution in [0.25, 0.3) is 0 Å². The second kappa shape index (κ2) is 15.1. The quantitative estimate of drug-likeness (QED) is 0.165. The third-order valence-corrected chi connectivity index (χ3v) is 8.01. The van der Waals surface area contributed by atoms with Crippen molar-refractivity contribution >= 4 is 35.8 Å². The Morgan fingerprint density at radius 3 is 1.86 bits per heavy atom. The summed E-state index contributed by atoms with van der Waals surface area (Å²) in [5.41, 5.74) is 0.720. The van der Waals surface area contributed by atoms with Crippen molar-refractivity contribution in [2.24, 2.45) is 0 Å². The number of nitrogens with zero attached hydrogens (tertiary/aromatic N) is 3. The van der Waals surface area contributed by atoms with Crippen LogP contribution in [0.2, 0.25) is 0 Å². The van der Waals surface area contributed by atoms with Crippen LogP contribution in [0.5, 0.6) is 0 Å². The molecule has 1 fully saturated rings. The SMILES string of the molecule is CC(C)(C)OC(=O)[C@@H]1CCCN(C(=O)OCc2ccccc2)N1C(=O)[C@H](CCC(=O)OCc1ccccc1)N1C(=O)c2ccccc2C1=O. The molecule has 2 aliphatic heterocycles. The van der Waals surface area contributed by atoms with E-state index in [0.29, 0.717) is 12.0 Å². The third-order valence-electron chi connectivity index (χ3n) is 8.01. The molecule has 0 N–H and O–H groups in total. The molecule has 4 amide bonds. The monoisotopic (exact) mass is 669 g/mol. The van der Waals surface area contributed by atoms with Gasteiger partial charge in [0.1, 0.15) is 24.9 Å². The van der Waals surface area contributed by atoms with E-state index in [1.165, 1.54) is 12.1 Å². The molecule has 2 heterocycles. The van der Waals surface area contributed by atoms with Crippen molar-refractivity contribution in [3.63, 3.8) is 0 Å². The molecule has 12 nitrogen and oxygen atoms in total. The number of fused-ring (bicyclic) bond motifs is 1. The fourth-order valence-electron chi connectivity index (χ4n) is 5.74. The van der Waals surface area contributed by atoms with Crippen molar-refractivity contribution in [3.05, 3.63) is 107 Å². The molecular formula is C37H39N3O9. The van der Waals surface area contributed by atoms with Crippen LogP contribution in [-0.4, -0.2) is 74.9 Å². The van der Waals surface area contributed by atoms with E-state index in [4.69, 9.17) is 14.2 Å². The van der Waals surface area contributed by atoms with Gasteiger partial charge in [-0.2, -0.15) is 0 Å². The van der Waals surface area contributed by atoms with Gasteiger partial charge >= 0.3 is 18.0 Å². The second-order valence-corrected chi connectivity index (χ2v) is 12.8. The molecule has 0 spiro atoms. The van der Waals surface area contributed by atoms with Crippen LogP contribution in [0, 0.1) is 0 Å². The smallest absolute Gasteiger partial charge is 0.429 e. The highest BCUT2D eigenvalue weighted by Crippen LogP contribution is 2.30. The standard InChI is InChI=1S/C37H39N3O9/c1-37(2,3)49-35(45)30-19-12-22-38(36(46)48-24-26-15-8-5-9-16-26)40(30)34(44)29(20-21-31(41)47-23-25-13-6-4-7-14-25)39-32(42)27-17-10-11-18-28(27)33(39)43/h4-11,13-18,29-30H,12,19-24H2,1-3H3/t29-,30-/m0/s1. The summed E-state index contributed by atoms with van der Waals surface area (Å²) >= 11 is 0. The van der Waals surface area contributed by atoms with E-state index >= 15 is 0 Å². The highest BCUT2D eigenvalue weighted by Gasteiger charge is 2.49. The Morgan fingerprint density at radius 2 is 1.31 bits per heavy atom. The molecule has 0 aromatic heterocycles. The van der Waals surface area contributed by atoms with Gasteiger partial charge in [-0.1, -0.05) is 72.8 Å². The predicted octanol–water partition coefficient (Wildman–Crippen LogP) is 5.06. The Bertz CT molecular complexity index is 1670. The number of ether oxygens (including phenoxy) is 3. The van der Waals surface area contributed by atoms with Crippen LogP contribution in [0.4, 0.5) is 4.79 Å². The minimum Gasteiger partial charge on any atom is -0.461 e. The molecule has 5 rings (SSSR count). The average Bonchev–Trinajstić information content (AvgIpc) is 3.35. The Morgan fingerprint density at radius 1 is 0.776 bits per heavy atom. The number of carbonyl (C=O) groups is 6. The van der Waals surface area contributed by atoms with Crippen molar-refractivity contribution in [1.82, 2.24) is 14.9 Å². The number of hydrazine groups is 1. The molecule has 49 heavy (non-hydrogen) atoms. The van der Waals surface area contributed by atoms with E-state index < -0.39 is 53.4 Å². The zero-order valence-electron chi connectivity index (χ0n) is 27.7. The van der Waals surface area contributed by atoms with Crippen LogP contribution < -0.4 is 0 Å². The largest absolute Gasteiger partial charge is 0.461 e. The topological polar surface area (TPSA) is 140 Å². The van der Waals surface area contributed by atoms with Crippen LogP contribution in [-0.2, 0) is 41.8 Å². The molecule has 1 saturated heterocycles. The minimum atomic E-state index is -1.58. The van der Waals surface area contributed by atoms with Gasteiger partial charge in [0.15, 0.2) is 6.04 Å². The molecule has 0 saturated carbocycles. The van der Waals surface area contributed by atoms with Crippen molar-refractivity contribution in [2.75, 3.05) is 6.54 Å². The summed E-state index contributed by atoms with van der Waals surface area (Å²) in [6.45, 7) is 4.91. The van der Waals surface area contributed by atoms with Gasteiger partial charge in [-0.3, -0.25) is 24.1 Å². The lowest BCUT2D eigenvalue weighted by Crippen LogP contribution is -2.65. The van der Waals surface area contributed by atoms with Crippen molar-refractivity contribution in [1.29, 1.82) is 0 Å². The normalized spacial score (nSPS) is 16.6. The van der Waals surface area contributed by atoms with Gasteiger partial charge in [-0.05, 0) is 63.3 Å². The van der Waals surface area contributed by atoms with Crippen LogP contribution >= 0.6 is 0 Å². The fourth-order valence-corrected chi connectivity index (χ4v) is 5.74. The Balaban J connectivity index is 1.46. The molecule has 2 aliphatic rings. The van der Waals surface area contributed by atoms with Crippen LogP contribution in [0.15, 0.2) is 84.9 Å². The Labute approximate surface area is 284 Å². The van der Waals surface area contributed by atoms with Gasteiger partial charge in [-0.15, -0.1) is 0 Å². The number of hydrogen-bond donors (Lipinski definition) is 0. The van der Waals surface area contributed by atoms with Crippen molar-refractivity contribution in [2.45, 2.75) is 77.4 Å². The number of rotatable bonds is 10. The summed E-state index contributed by atoms with van der Waals surface area (Å²) in [7, 11) is 0. The zero-order chi connectivity index (χ0) is 35.1. The molecular weight excluding hydrogens is 630 g/mol. The predicted molar refractivity (Wildman–Crippen MR) is 175 cm³/mol. The highest BCUT2D eigenvalue weighted by molar-refractivity contribution is 6.23. The van der Waals surface area contributed by atoms with Crippen LogP contribution in [0.3, 0.4) is 0 Å². The van der Waals surface area contributed by atoms with E-state index in [1.54, 1.807) is 81.4 Å². The molecule has 0 radical (unpaired) electrons. The maximum Gasteiger partial charge on any atom is 0.429 e. The lowest BCUT2D eigenvalue weighted by molar-refractivity contribution is -0.183. The summed E-state index contributed by atoms with van der Waals surface area (Å²) in [4.78, 5) is 83.1. The summed E-state index contributed by atoms with van der Waals surface area (Å²) in [5.74, 6) is -3.83. The Kier molecular flexibility index (Phi) is 10.8. The molecule has 3 aromatic rings. The molecule has 0 bridgehead atoms.